The molecule has 0 bridgehead atoms. The number of hydrogen-bond acceptors (Lipinski definition) is 4. The van der Waals surface area contributed by atoms with Gasteiger partial charge in [0.05, 0.1) is 5.69 Å². The van der Waals surface area contributed by atoms with Crippen molar-refractivity contribution in [2.24, 2.45) is 0 Å². The van der Waals surface area contributed by atoms with Crippen LogP contribution in [0.15, 0.2) is 103 Å². The molecule has 4 nitrogen and oxygen atoms in total. The SMILES string of the molecule is Fc1ccc(-c2cncc(-c3cc(NCc4ccc(Cl)cc4)nc(-c4ccccc4)n3)c2)cc1. The molecule has 0 saturated carbocycles. The van der Waals surface area contributed by atoms with Gasteiger partial charge >= 0.3 is 0 Å². The minimum Gasteiger partial charge on any atom is -0.366 e. The molecular formula is C28H20ClFN4. The molecule has 0 aliphatic rings. The lowest BCUT2D eigenvalue weighted by atomic mass is 10.0. The van der Waals surface area contributed by atoms with Crippen LogP contribution in [-0.4, -0.2) is 15.0 Å². The molecule has 0 amide bonds. The third kappa shape index (κ3) is 5.11. The van der Waals surface area contributed by atoms with E-state index >= 15 is 0 Å². The smallest absolute Gasteiger partial charge is 0.162 e. The maximum atomic E-state index is 13.4. The zero-order valence-electron chi connectivity index (χ0n) is 18.1. The van der Waals surface area contributed by atoms with Crippen LogP contribution in [0.5, 0.6) is 0 Å². The minimum absolute atomic E-state index is 0.271. The van der Waals surface area contributed by atoms with Crippen LogP contribution in [0.25, 0.3) is 33.8 Å². The Kier molecular flexibility index (Phi) is 6.27. The highest BCUT2D eigenvalue weighted by atomic mass is 35.5. The highest BCUT2D eigenvalue weighted by Gasteiger charge is 2.11. The van der Waals surface area contributed by atoms with Crippen LogP contribution in [0.2, 0.25) is 5.02 Å². The van der Waals surface area contributed by atoms with E-state index in [1.165, 1.54) is 12.1 Å². The Balaban J connectivity index is 1.52. The second-order valence-corrected chi connectivity index (χ2v) is 8.21. The first kappa shape index (κ1) is 21.7. The maximum absolute atomic E-state index is 13.4. The number of rotatable bonds is 6. The first-order valence-corrected chi connectivity index (χ1v) is 11.2. The highest BCUT2D eigenvalue weighted by Crippen LogP contribution is 2.28. The van der Waals surface area contributed by atoms with Crippen molar-refractivity contribution in [3.8, 4) is 33.8 Å². The van der Waals surface area contributed by atoms with Crippen molar-refractivity contribution in [3.05, 3.63) is 120 Å². The van der Waals surface area contributed by atoms with E-state index < -0.39 is 0 Å². The summed E-state index contributed by atoms with van der Waals surface area (Å²) in [5, 5.41) is 4.10. The van der Waals surface area contributed by atoms with Crippen LogP contribution < -0.4 is 5.32 Å². The maximum Gasteiger partial charge on any atom is 0.162 e. The molecule has 2 aromatic heterocycles. The van der Waals surface area contributed by atoms with Gasteiger partial charge in [0.2, 0.25) is 0 Å². The summed E-state index contributed by atoms with van der Waals surface area (Å²) in [5.74, 6) is 1.04. The van der Waals surface area contributed by atoms with E-state index in [0.29, 0.717) is 23.2 Å². The first-order chi connectivity index (χ1) is 16.6. The zero-order chi connectivity index (χ0) is 23.3. The topological polar surface area (TPSA) is 50.7 Å². The number of nitrogens with one attached hydrogen (secondary N) is 1. The molecule has 0 aliphatic heterocycles. The van der Waals surface area contributed by atoms with Crippen molar-refractivity contribution in [1.29, 1.82) is 0 Å². The average Bonchev–Trinajstić information content (AvgIpc) is 2.89. The normalized spacial score (nSPS) is 10.8. The summed E-state index contributed by atoms with van der Waals surface area (Å²) in [5.41, 5.74) is 5.36. The van der Waals surface area contributed by atoms with E-state index in [2.05, 4.69) is 10.3 Å². The molecule has 166 valence electrons. The lowest BCUT2D eigenvalue weighted by molar-refractivity contribution is 0.628. The zero-order valence-corrected chi connectivity index (χ0v) is 18.9. The summed E-state index contributed by atoms with van der Waals surface area (Å²) in [6.07, 6.45) is 3.53. The molecular weight excluding hydrogens is 447 g/mol. The third-order valence-corrected chi connectivity index (χ3v) is 5.61. The predicted octanol–water partition coefficient (Wildman–Crippen LogP) is 7.28. The number of aromatic nitrogens is 3. The molecule has 5 aromatic rings. The molecule has 0 aliphatic carbocycles. The van der Waals surface area contributed by atoms with Gasteiger partial charge in [-0.3, -0.25) is 4.98 Å². The molecule has 2 heterocycles. The van der Waals surface area contributed by atoms with E-state index in [9.17, 15) is 4.39 Å². The lowest BCUT2D eigenvalue weighted by Crippen LogP contribution is -2.04. The van der Waals surface area contributed by atoms with E-state index in [-0.39, 0.29) is 5.82 Å². The molecule has 0 fully saturated rings. The number of anilines is 1. The Hall–Kier alpha value is -4.09. The summed E-state index contributed by atoms with van der Waals surface area (Å²) in [7, 11) is 0. The Labute approximate surface area is 202 Å². The lowest BCUT2D eigenvalue weighted by Gasteiger charge is -2.11. The predicted molar refractivity (Wildman–Crippen MR) is 135 cm³/mol. The molecule has 0 unspecified atom stereocenters. The van der Waals surface area contributed by atoms with Gasteiger partial charge < -0.3 is 5.32 Å². The second kappa shape index (κ2) is 9.81. The molecule has 3 aromatic carbocycles. The molecule has 0 saturated heterocycles. The van der Waals surface area contributed by atoms with E-state index in [1.54, 1.807) is 24.5 Å². The van der Waals surface area contributed by atoms with Crippen LogP contribution >= 0.6 is 11.6 Å². The quantitative estimate of drug-likeness (QED) is 0.285. The van der Waals surface area contributed by atoms with Crippen molar-refractivity contribution < 1.29 is 4.39 Å². The van der Waals surface area contributed by atoms with Gasteiger partial charge in [-0.15, -0.1) is 0 Å². The molecule has 34 heavy (non-hydrogen) atoms. The summed E-state index contributed by atoms with van der Waals surface area (Å²) in [6.45, 7) is 0.593. The summed E-state index contributed by atoms with van der Waals surface area (Å²) in [6, 6.07) is 27.8. The van der Waals surface area contributed by atoms with Crippen LogP contribution in [0.4, 0.5) is 10.2 Å². The van der Waals surface area contributed by atoms with Gasteiger partial charge in [-0.2, -0.15) is 0 Å². The highest BCUT2D eigenvalue weighted by molar-refractivity contribution is 6.30. The fourth-order valence-electron chi connectivity index (χ4n) is 3.58. The first-order valence-electron chi connectivity index (χ1n) is 10.8. The van der Waals surface area contributed by atoms with Gasteiger partial charge in [0.15, 0.2) is 5.82 Å². The monoisotopic (exact) mass is 466 g/mol. The van der Waals surface area contributed by atoms with Crippen molar-refractivity contribution in [2.75, 3.05) is 5.32 Å². The molecule has 6 heteroatoms. The van der Waals surface area contributed by atoms with E-state index in [4.69, 9.17) is 21.6 Å². The number of hydrogen-bond donors (Lipinski definition) is 1. The van der Waals surface area contributed by atoms with Crippen molar-refractivity contribution in [1.82, 2.24) is 15.0 Å². The van der Waals surface area contributed by atoms with Gasteiger partial charge in [0.1, 0.15) is 11.6 Å². The standard InChI is InChI=1S/C28H20ClFN4/c29-24-10-6-19(7-11-24)16-32-27-15-26(33-28(34-27)21-4-2-1-3-5-21)23-14-22(17-31-18-23)20-8-12-25(30)13-9-20/h1-15,17-18H,16H2,(H,32,33,34). The average molecular weight is 467 g/mol. The Morgan fingerprint density at radius 2 is 1.44 bits per heavy atom. The van der Waals surface area contributed by atoms with Gasteiger partial charge in [0.25, 0.3) is 0 Å². The fourth-order valence-corrected chi connectivity index (χ4v) is 3.70. The fraction of sp³-hybridized carbons (Fsp3) is 0.0357. The van der Waals surface area contributed by atoms with Crippen LogP contribution in [-0.2, 0) is 6.54 Å². The van der Waals surface area contributed by atoms with Crippen molar-refractivity contribution in [3.63, 3.8) is 0 Å². The summed E-state index contributed by atoms with van der Waals surface area (Å²) < 4.78 is 13.4. The molecule has 0 atom stereocenters. The molecule has 1 N–H and O–H groups in total. The number of halogens is 2. The second-order valence-electron chi connectivity index (χ2n) is 7.78. The van der Waals surface area contributed by atoms with E-state index in [1.807, 2.05) is 66.7 Å². The van der Waals surface area contributed by atoms with Crippen LogP contribution in [0.1, 0.15) is 5.56 Å². The third-order valence-electron chi connectivity index (χ3n) is 5.36. The van der Waals surface area contributed by atoms with Crippen LogP contribution in [0, 0.1) is 5.82 Å². The van der Waals surface area contributed by atoms with Crippen LogP contribution in [0.3, 0.4) is 0 Å². The molecule has 0 spiro atoms. The summed E-state index contributed by atoms with van der Waals surface area (Å²) >= 11 is 6.01. The Morgan fingerprint density at radius 3 is 2.21 bits per heavy atom. The van der Waals surface area contributed by atoms with Gasteiger partial charge in [0, 0.05) is 46.7 Å². The Morgan fingerprint density at radius 1 is 0.706 bits per heavy atom. The van der Waals surface area contributed by atoms with Gasteiger partial charge in [-0.05, 0) is 41.5 Å². The number of benzene rings is 3. The largest absolute Gasteiger partial charge is 0.366 e. The minimum atomic E-state index is -0.271. The van der Waals surface area contributed by atoms with Crippen molar-refractivity contribution >= 4 is 17.4 Å². The van der Waals surface area contributed by atoms with Gasteiger partial charge in [-0.25, -0.2) is 14.4 Å². The van der Waals surface area contributed by atoms with Gasteiger partial charge in [-0.1, -0.05) is 66.2 Å². The Bertz CT molecular complexity index is 1410. The number of pyridine rings is 1. The summed E-state index contributed by atoms with van der Waals surface area (Å²) in [4.78, 5) is 14.0. The van der Waals surface area contributed by atoms with E-state index in [0.717, 1.165) is 33.5 Å². The van der Waals surface area contributed by atoms with Crippen molar-refractivity contribution in [2.45, 2.75) is 6.54 Å². The molecule has 0 radical (unpaired) electrons. The molecule has 5 rings (SSSR count). The number of nitrogens with zero attached hydrogens (tertiary/aromatic N) is 3.